The highest BCUT2D eigenvalue weighted by Crippen LogP contribution is 2.35. The highest BCUT2D eigenvalue weighted by atomic mass is 32.2. The maximum Gasteiger partial charge on any atom is 0.251 e. The summed E-state index contributed by atoms with van der Waals surface area (Å²) in [5.41, 5.74) is 1.98. The number of amides is 1. The predicted molar refractivity (Wildman–Crippen MR) is 101 cm³/mol. The fourth-order valence-electron chi connectivity index (χ4n) is 2.72. The third kappa shape index (κ3) is 3.71. The molecule has 0 fully saturated rings. The molecule has 1 aromatic heterocycles. The van der Waals surface area contributed by atoms with Crippen molar-refractivity contribution >= 4 is 23.7 Å². The molecule has 0 radical (unpaired) electrons. The Kier molecular flexibility index (Phi) is 4.89. The van der Waals surface area contributed by atoms with Crippen LogP contribution in [0.2, 0.25) is 0 Å². The number of nitriles is 1. The Bertz CT molecular complexity index is 1010. The Balaban J connectivity index is 1.45. The van der Waals surface area contributed by atoms with E-state index in [0.29, 0.717) is 5.82 Å². The van der Waals surface area contributed by atoms with Gasteiger partial charge >= 0.3 is 0 Å². The molecular formula is C19H15N5O2S. The van der Waals surface area contributed by atoms with Gasteiger partial charge in [0, 0.05) is 16.5 Å². The first kappa shape index (κ1) is 17.3. The van der Waals surface area contributed by atoms with Crippen molar-refractivity contribution in [2.75, 3.05) is 11.9 Å². The molecule has 2 aromatic carbocycles. The molecule has 4 rings (SSSR count). The van der Waals surface area contributed by atoms with Gasteiger partial charge in [-0.3, -0.25) is 4.79 Å². The van der Waals surface area contributed by atoms with Crippen LogP contribution < -0.4 is 10.0 Å². The van der Waals surface area contributed by atoms with Gasteiger partial charge in [-0.1, -0.05) is 36.4 Å². The van der Waals surface area contributed by atoms with Crippen molar-refractivity contribution in [1.82, 2.24) is 14.5 Å². The minimum Gasteiger partial charge on any atom is -0.348 e. The second-order valence-electron chi connectivity index (χ2n) is 5.77. The molecule has 2 heterocycles. The van der Waals surface area contributed by atoms with Crippen LogP contribution in [0, 0.1) is 11.3 Å². The summed E-state index contributed by atoms with van der Waals surface area (Å²) in [5, 5.41) is 16.1. The average molecular weight is 377 g/mol. The van der Waals surface area contributed by atoms with Crippen molar-refractivity contribution in [3.8, 4) is 11.8 Å². The minimum atomic E-state index is -0.342. The number of fused-ring (bicyclic) bond motifs is 1. The predicted octanol–water partition coefficient (Wildman–Crippen LogP) is 3.01. The van der Waals surface area contributed by atoms with Gasteiger partial charge in [0.15, 0.2) is 5.69 Å². The topological polar surface area (TPSA) is 92.0 Å². The standard InChI is InChI=1S/C19H15N5O2S/c20-11-13-10-17(24(22-13)14-6-2-1-3-7-14)21-18(25)12-26-19-15-8-4-5-9-16(15)27-23-19/h1-10,19,23H,12H2,(H,21,25). The summed E-state index contributed by atoms with van der Waals surface area (Å²) >= 11 is 1.48. The molecule has 2 N–H and O–H groups in total. The van der Waals surface area contributed by atoms with Crippen LogP contribution in [0.5, 0.6) is 0 Å². The average Bonchev–Trinajstić information content (AvgIpc) is 3.31. The lowest BCUT2D eigenvalue weighted by atomic mass is 10.2. The molecule has 3 aromatic rings. The molecule has 1 aliphatic rings. The molecule has 0 saturated carbocycles. The van der Waals surface area contributed by atoms with Crippen molar-refractivity contribution in [1.29, 1.82) is 5.26 Å². The van der Waals surface area contributed by atoms with Gasteiger partial charge in [0.1, 0.15) is 24.7 Å². The summed E-state index contributed by atoms with van der Waals surface area (Å²) in [5.74, 6) is 0.0910. The Labute approximate surface area is 160 Å². The molecule has 0 aliphatic carbocycles. The monoisotopic (exact) mass is 377 g/mol. The lowest BCUT2D eigenvalue weighted by Crippen LogP contribution is -2.23. The minimum absolute atomic E-state index is 0.131. The molecule has 134 valence electrons. The maximum absolute atomic E-state index is 12.4. The van der Waals surface area contributed by atoms with Gasteiger partial charge < -0.3 is 10.1 Å². The van der Waals surface area contributed by atoms with E-state index in [1.807, 2.05) is 60.7 Å². The lowest BCUT2D eigenvalue weighted by molar-refractivity contribution is -0.122. The van der Waals surface area contributed by atoms with Gasteiger partial charge in [-0.25, -0.2) is 9.40 Å². The first-order chi connectivity index (χ1) is 13.2. The van der Waals surface area contributed by atoms with E-state index in [2.05, 4.69) is 15.1 Å². The van der Waals surface area contributed by atoms with Gasteiger partial charge in [0.05, 0.1) is 5.69 Å². The molecule has 1 aliphatic heterocycles. The zero-order chi connectivity index (χ0) is 18.6. The molecule has 27 heavy (non-hydrogen) atoms. The highest BCUT2D eigenvalue weighted by Gasteiger charge is 2.23. The van der Waals surface area contributed by atoms with E-state index in [-0.39, 0.29) is 24.4 Å². The smallest absolute Gasteiger partial charge is 0.251 e. The molecule has 0 bridgehead atoms. The van der Waals surface area contributed by atoms with Crippen molar-refractivity contribution < 1.29 is 9.53 Å². The van der Waals surface area contributed by atoms with Gasteiger partial charge in [0.25, 0.3) is 5.91 Å². The highest BCUT2D eigenvalue weighted by molar-refractivity contribution is 7.97. The Morgan fingerprint density at radius 3 is 2.85 bits per heavy atom. The third-order valence-corrected chi connectivity index (χ3v) is 4.87. The van der Waals surface area contributed by atoms with Crippen LogP contribution in [0.4, 0.5) is 5.82 Å². The van der Waals surface area contributed by atoms with Crippen molar-refractivity contribution in [3.63, 3.8) is 0 Å². The van der Waals surface area contributed by atoms with Crippen LogP contribution in [0.1, 0.15) is 17.5 Å². The normalized spacial score (nSPS) is 15.1. The number of para-hydroxylation sites is 1. The number of rotatable bonds is 5. The van der Waals surface area contributed by atoms with E-state index in [0.717, 1.165) is 16.1 Å². The Morgan fingerprint density at radius 2 is 2.04 bits per heavy atom. The molecule has 1 unspecified atom stereocenters. The fraction of sp³-hybridized carbons (Fsp3) is 0.105. The number of carbonyl (C=O) groups is 1. The van der Waals surface area contributed by atoms with Crippen LogP contribution in [-0.4, -0.2) is 22.3 Å². The van der Waals surface area contributed by atoms with Gasteiger partial charge in [0.2, 0.25) is 0 Å². The molecule has 8 heteroatoms. The number of aromatic nitrogens is 2. The zero-order valence-corrected chi connectivity index (χ0v) is 14.9. The number of hydrogen-bond acceptors (Lipinski definition) is 6. The largest absolute Gasteiger partial charge is 0.348 e. The van der Waals surface area contributed by atoms with Crippen LogP contribution >= 0.6 is 11.9 Å². The van der Waals surface area contributed by atoms with Gasteiger partial charge in [-0.05, 0) is 30.1 Å². The van der Waals surface area contributed by atoms with Crippen LogP contribution in [0.3, 0.4) is 0 Å². The van der Waals surface area contributed by atoms with Crippen LogP contribution in [0.15, 0.2) is 65.6 Å². The molecular weight excluding hydrogens is 362 g/mol. The fourth-order valence-corrected chi connectivity index (χ4v) is 3.59. The number of nitrogens with zero attached hydrogens (tertiary/aromatic N) is 3. The van der Waals surface area contributed by atoms with Gasteiger partial charge in [-0.15, -0.1) is 0 Å². The molecule has 7 nitrogen and oxygen atoms in total. The van der Waals surface area contributed by atoms with E-state index in [9.17, 15) is 4.79 Å². The van der Waals surface area contributed by atoms with E-state index in [4.69, 9.17) is 10.00 Å². The van der Waals surface area contributed by atoms with Crippen molar-refractivity contribution in [2.24, 2.45) is 0 Å². The summed E-state index contributed by atoms with van der Waals surface area (Å²) in [6.45, 7) is -0.131. The Morgan fingerprint density at radius 1 is 1.26 bits per heavy atom. The second kappa shape index (κ2) is 7.63. The maximum atomic E-state index is 12.4. The van der Waals surface area contributed by atoms with Crippen molar-refractivity contribution in [2.45, 2.75) is 11.1 Å². The number of carbonyl (C=O) groups excluding carboxylic acids is 1. The van der Waals surface area contributed by atoms with Crippen molar-refractivity contribution in [3.05, 3.63) is 71.9 Å². The quantitative estimate of drug-likeness (QED) is 0.664. The van der Waals surface area contributed by atoms with E-state index < -0.39 is 0 Å². The lowest BCUT2D eigenvalue weighted by Gasteiger charge is -2.13. The van der Waals surface area contributed by atoms with E-state index in [1.54, 1.807) is 0 Å². The molecule has 1 atom stereocenters. The summed E-state index contributed by atoms with van der Waals surface area (Å²) in [6, 6.07) is 20.7. The molecule has 0 spiro atoms. The van der Waals surface area contributed by atoms with Crippen LogP contribution in [0.25, 0.3) is 5.69 Å². The SMILES string of the molecule is N#Cc1cc(NC(=O)COC2NSc3ccccc32)n(-c2ccccc2)n1. The number of benzene rings is 2. The molecule has 1 amide bonds. The molecule has 0 saturated heterocycles. The second-order valence-corrected chi connectivity index (χ2v) is 6.65. The number of nitrogens with one attached hydrogen (secondary N) is 2. The van der Waals surface area contributed by atoms with E-state index >= 15 is 0 Å². The summed E-state index contributed by atoms with van der Waals surface area (Å²) in [4.78, 5) is 13.5. The van der Waals surface area contributed by atoms with Crippen LogP contribution in [-0.2, 0) is 9.53 Å². The summed E-state index contributed by atoms with van der Waals surface area (Å²) < 4.78 is 10.4. The number of hydrogen-bond donors (Lipinski definition) is 2. The van der Waals surface area contributed by atoms with E-state index in [1.165, 1.54) is 22.7 Å². The first-order valence-electron chi connectivity index (χ1n) is 8.23. The number of anilines is 1. The Hall–Kier alpha value is -3.12. The van der Waals surface area contributed by atoms with Gasteiger partial charge in [-0.2, -0.15) is 10.4 Å². The zero-order valence-electron chi connectivity index (χ0n) is 14.1. The number of ether oxygens (including phenoxy) is 1. The summed E-state index contributed by atoms with van der Waals surface area (Å²) in [6.07, 6.45) is -0.342. The third-order valence-electron chi connectivity index (χ3n) is 3.95. The summed E-state index contributed by atoms with van der Waals surface area (Å²) in [7, 11) is 0. The first-order valence-corrected chi connectivity index (χ1v) is 9.04.